The Bertz CT molecular complexity index is 370. The number of rotatable bonds is 2. The van der Waals surface area contributed by atoms with Gasteiger partial charge in [0, 0.05) is 31.4 Å². The number of fused-ring (bicyclic) bond motifs is 1. The van der Waals surface area contributed by atoms with Crippen molar-refractivity contribution in [3.8, 4) is 0 Å². The molecule has 0 radical (unpaired) electrons. The molecule has 4 nitrogen and oxygen atoms in total. The predicted molar refractivity (Wildman–Crippen MR) is 65.5 cm³/mol. The summed E-state index contributed by atoms with van der Waals surface area (Å²) in [5.41, 5.74) is 1.30. The highest BCUT2D eigenvalue weighted by molar-refractivity contribution is 5.03. The molecule has 0 spiro atoms. The molecule has 2 aliphatic rings. The number of aliphatic hydroxyl groups excluding tert-OH is 1. The van der Waals surface area contributed by atoms with E-state index in [0.29, 0.717) is 12.1 Å². The van der Waals surface area contributed by atoms with E-state index in [9.17, 15) is 5.11 Å². The van der Waals surface area contributed by atoms with Gasteiger partial charge in [0.05, 0.1) is 12.3 Å². The van der Waals surface area contributed by atoms with Crippen LogP contribution in [-0.4, -0.2) is 38.5 Å². The molecule has 1 aliphatic heterocycles. The highest BCUT2D eigenvalue weighted by Gasteiger charge is 2.30. The monoisotopic (exact) mass is 235 g/mol. The van der Waals surface area contributed by atoms with Gasteiger partial charge in [0.25, 0.3) is 0 Å². The maximum atomic E-state index is 9.59. The standard InChI is InChI=1S/C13H21N3O/c17-10-13-6-8-16-12(5-7-14-16)9-15(13)11-3-1-2-4-11/h5,7,11,13,17H,1-4,6,8-10H2/t13-/m1/s1. The normalized spacial score (nSPS) is 27.0. The molecule has 0 bridgehead atoms. The molecule has 3 rings (SSSR count). The number of aromatic nitrogens is 2. The molecule has 94 valence electrons. The van der Waals surface area contributed by atoms with Gasteiger partial charge in [-0.25, -0.2) is 0 Å². The summed E-state index contributed by atoms with van der Waals surface area (Å²) < 4.78 is 2.09. The van der Waals surface area contributed by atoms with Crippen LogP contribution in [0.25, 0.3) is 0 Å². The van der Waals surface area contributed by atoms with Gasteiger partial charge in [0.15, 0.2) is 0 Å². The number of aryl methyl sites for hydroxylation is 1. The Morgan fingerprint density at radius 2 is 2.12 bits per heavy atom. The zero-order chi connectivity index (χ0) is 11.7. The zero-order valence-corrected chi connectivity index (χ0v) is 10.3. The number of nitrogens with zero attached hydrogens (tertiary/aromatic N) is 3. The lowest BCUT2D eigenvalue weighted by Crippen LogP contribution is -2.42. The van der Waals surface area contributed by atoms with Crippen molar-refractivity contribution in [2.24, 2.45) is 0 Å². The molecule has 0 saturated heterocycles. The maximum Gasteiger partial charge on any atom is 0.0587 e. The van der Waals surface area contributed by atoms with Gasteiger partial charge in [0.1, 0.15) is 0 Å². The first-order chi connectivity index (χ1) is 8.38. The summed E-state index contributed by atoms with van der Waals surface area (Å²) >= 11 is 0. The minimum Gasteiger partial charge on any atom is -0.395 e. The fraction of sp³-hybridized carbons (Fsp3) is 0.769. The molecule has 1 aromatic rings. The fourth-order valence-electron chi connectivity index (χ4n) is 3.31. The quantitative estimate of drug-likeness (QED) is 0.842. The Hall–Kier alpha value is -0.870. The molecule has 1 aromatic heterocycles. The van der Waals surface area contributed by atoms with E-state index in [1.165, 1.54) is 31.4 Å². The lowest BCUT2D eigenvalue weighted by molar-refractivity contribution is 0.0758. The van der Waals surface area contributed by atoms with Crippen molar-refractivity contribution in [2.45, 2.75) is 57.3 Å². The van der Waals surface area contributed by atoms with Crippen LogP contribution in [0.1, 0.15) is 37.8 Å². The SMILES string of the molecule is OC[C@H]1CCn2nccc2CN1C1CCCC1. The highest BCUT2D eigenvalue weighted by Crippen LogP contribution is 2.29. The van der Waals surface area contributed by atoms with Gasteiger partial charge in [-0.1, -0.05) is 12.8 Å². The van der Waals surface area contributed by atoms with Crippen molar-refractivity contribution in [1.82, 2.24) is 14.7 Å². The van der Waals surface area contributed by atoms with Gasteiger partial charge in [-0.2, -0.15) is 5.10 Å². The van der Waals surface area contributed by atoms with Crippen molar-refractivity contribution in [3.63, 3.8) is 0 Å². The highest BCUT2D eigenvalue weighted by atomic mass is 16.3. The third-order valence-corrected chi connectivity index (χ3v) is 4.30. The summed E-state index contributed by atoms with van der Waals surface area (Å²) in [5.74, 6) is 0. The largest absolute Gasteiger partial charge is 0.395 e. The Morgan fingerprint density at radius 3 is 2.88 bits per heavy atom. The smallest absolute Gasteiger partial charge is 0.0587 e. The minimum absolute atomic E-state index is 0.279. The van der Waals surface area contributed by atoms with E-state index in [4.69, 9.17) is 0 Å². The fourth-order valence-corrected chi connectivity index (χ4v) is 3.31. The number of aliphatic hydroxyl groups is 1. The van der Waals surface area contributed by atoms with Crippen LogP contribution in [0.5, 0.6) is 0 Å². The van der Waals surface area contributed by atoms with Crippen molar-refractivity contribution < 1.29 is 5.11 Å². The van der Waals surface area contributed by atoms with E-state index >= 15 is 0 Å². The second-order valence-corrected chi connectivity index (χ2v) is 5.28. The predicted octanol–water partition coefficient (Wildman–Crippen LogP) is 1.39. The topological polar surface area (TPSA) is 41.3 Å². The molecule has 1 saturated carbocycles. The molecule has 0 unspecified atom stereocenters. The molecule has 0 aromatic carbocycles. The first-order valence-corrected chi connectivity index (χ1v) is 6.76. The van der Waals surface area contributed by atoms with Crippen molar-refractivity contribution >= 4 is 0 Å². The van der Waals surface area contributed by atoms with E-state index in [1.54, 1.807) is 0 Å². The van der Waals surface area contributed by atoms with Crippen LogP contribution in [0.3, 0.4) is 0 Å². The molecular weight excluding hydrogens is 214 g/mol. The number of hydrogen-bond donors (Lipinski definition) is 1. The van der Waals surface area contributed by atoms with Gasteiger partial charge < -0.3 is 5.11 Å². The van der Waals surface area contributed by atoms with Crippen molar-refractivity contribution in [1.29, 1.82) is 0 Å². The average molecular weight is 235 g/mol. The van der Waals surface area contributed by atoms with Gasteiger partial charge in [0.2, 0.25) is 0 Å². The minimum atomic E-state index is 0.279. The summed E-state index contributed by atoms with van der Waals surface area (Å²) in [6.45, 7) is 2.17. The average Bonchev–Trinajstić information content (AvgIpc) is 2.97. The second kappa shape index (κ2) is 4.78. The van der Waals surface area contributed by atoms with E-state index < -0.39 is 0 Å². The Morgan fingerprint density at radius 1 is 1.29 bits per heavy atom. The second-order valence-electron chi connectivity index (χ2n) is 5.28. The first-order valence-electron chi connectivity index (χ1n) is 6.76. The van der Waals surface area contributed by atoms with Crippen LogP contribution >= 0.6 is 0 Å². The van der Waals surface area contributed by atoms with Crippen LogP contribution in [0.15, 0.2) is 12.3 Å². The molecule has 1 fully saturated rings. The summed E-state index contributed by atoms with van der Waals surface area (Å²) in [4.78, 5) is 2.52. The van der Waals surface area contributed by atoms with Gasteiger partial charge in [-0.3, -0.25) is 9.58 Å². The maximum absolute atomic E-state index is 9.59. The third-order valence-electron chi connectivity index (χ3n) is 4.30. The lowest BCUT2D eigenvalue weighted by atomic mass is 10.1. The zero-order valence-electron chi connectivity index (χ0n) is 10.3. The Balaban J connectivity index is 1.82. The summed E-state index contributed by atoms with van der Waals surface area (Å²) in [6.07, 6.45) is 8.19. The van der Waals surface area contributed by atoms with E-state index in [-0.39, 0.29) is 6.61 Å². The summed E-state index contributed by atoms with van der Waals surface area (Å²) in [7, 11) is 0. The van der Waals surface area contributed by atoms with E-state index in [2.05, 4.69) is 20.7 Å². The first kappa shape index (κ1) is 11.2. The van der Waals surface area contributed by atoms with E-state index in [1.807, 2.05) is 6.20 Å². The van der Waals surface area contributed by atoms with Gasteiger partial charge in [-0.15, -0.1) is 0 Å². The molecule has 1 atom stereocenters. The van der Waals surface area contributed by atoms with Gasteiger partial charge >= 0.3 is 0 Å². The molecule has 0 amide bonds. The molecule has 1 aliphatic carbocycles. The van der Waals surface area contributed by atoms with Crippen molar-refractivity contribution in [2.75, 3.05) is 6.61 Å². The third kappa shape index (κ3) is 2.11. The van der Waals surface area contributed by atoms with Crippen LogP contribution in [0.2, 0.25) is 0 Å². The Kier molecular flexibility index (Phi) is 3.16. The molecule has 1 N–H and O–H groups in total. The molecule has 2 heterocycles. The molecular formula is C13H21N3O. The van der Waals surface area contributed by atoms with Gasteiger partial charge in [-0.05, 0) is 25.3 Å². The Labute approximate surface area is 102 Å². The van der Waals surface area contributed by atoms with E-state index in [0.717, 1.165) is 19.5 Å². The molecule has 4 heteroatoms. The number of hydrogen-bond acceptors (Lipinski definition) is 3. The van der Waals surface area contributed by atoms with Crippen LogP contribution in [-0.2, 0) is 13.1 Å². The van der Waals surface area contributed by atoms with Crippen molar-refractivity contribution in [3.05, 3.63) is 18.0 Å². The molecule has 17 heavy (non-hydrogen) atoms. The van der Waals surface area contributed by atoms with Crippen LogP contribution < -0.4 is 0 Å². The summed E-state index contributed by atoms with van der Waals surface area (Å²) in [5, 5.41) is 13.9. The summed E-state index contributed by atoms with van der Waals surface area (Å²) in [6, 6.07) is 3.11. The lowest BCUT2D eigenvalue weighted by Gasteiger charge is -2.33. The van der Waals surface area contributed by atoms with Crippen LogP contribution in [0.4, 0.5) is 0 Å². The van der Waals surface area contributed by atoms with Crippen LogP contribution in [0, 0.1) is 0 Å².